The number of nitrogens with one attached hydrogen (secondary N) is 1. The van der Waals surface area contributed by atoms with Crippen molar-refractivity contribution in [3.8, 4) is 5.75 Å². The van der Waals surface area contributed by atoms with Crippen molar-refractivity contribution < 1.29 is 14.3 Å². The minimum Gasteiger partial charge on any atom is -0.483 e. The fraction of sp³-hybridized carbons (Fsp3) is 0.333. The van der Waals surface area contributed by atoms with Gasteiger partial charge < -0.3 is 15.0 Å². The van der Waals surface area contributed by atoms with Crippen LogP contribution in [0.3, 0.4) is 0 Å². The molecule has 0 heterocycles. The number of amides is 2. The molecule has 0 radical (unpaired) electrons. The lowest BCUT2D eigenvalue weighted by Gasteiger charge is -2.32. The summed E-state index contributed by atoms with van der Waals surface area (Å²) >= 11 is 0. The Labute approximate surface area is 209 Å². The monoisotopic (exact) mass is 472 g/mol. The van der Waals surface area contributed by atoms with Crippen molar-refractivity contribution >= 4 is 11.8 Å². The summed E-state index contributed by atoms with van der Waals surface area (Å²) in [6.45, 7) is 10.6. The van der Waals surface area contributed by atoms with Crippen molar-refractivity contribution in [1.29, 1.82) is 0 Å². The van der Waals surface area contributed by atoms with Gasteiger partial charge in [0.05, 0.1) is 0 Å². The highest BCUT2D eigenvalue weighted by atomic mass is 16.5. The lowest BCUT2D eigenvalue weighted by Crippen LogP contribution is -2.51. The number of ether oxygens (including phenoxy) is 1. The summed E-state index contributed by atoms with van der Waals surface area (Å²) in [5, 5.41) is 2.93. The van der Waals surface area contributed by atoms with Crippen LogP contribution in [-0.2, 0) is 22.6 Å². The van der Waals surface area contributed by atoms with E-state index in [-0.39, 0.29) is 18.4 Å². The highest BCUT2D eigenvalue weighted by Crippen LogP contribution is 2.24. The lowest BCUT2D eigenvalue weighted by atomic mass is 10.0. The Morgan fingerprint density at radius 2 is 1.60 bits per heavy atom. The Morgan fingerprint density at radius 3 is 2.29 bits per heavy atom. The Bertz CT molecular complexity index is 1160. The van der Waals surface area contributed by atoms with Gasteiger partial charge in [0.25, 0.3) is 5.91 Å². The highest BCUT2D eigenvalue weighted by molar-refractivity contribution is 5.88. The van der Waals surface area contributed by atoms with Crippen molar-refractivity contribution in [2.45, 2.75) is 53.6 Å². The maximum atomic E-state index is 13.7. The van der Waals surface area contributed by atoms with Crippen LogP contribution in [0.15, 0.2) is 66.7 Å². The number of hydrogen-bond acceptors (Lipinski definition) is 3. The molecule has 0 aliphatic rings. The molecule has 0 fully saturated rings. The van der Waals surface area contributed by atoms with E-state index in [9.17, 15) is 9.59 Å². The van der Waals surface area contributed by atoms with Gasteiger partial charge in [-0.25, -0.2) is 0 Å². The van der Waals surface area contributed by atoms with Gasteiger partial charge in [0, 0.05) is 19.5 Å². The van der Waals surface area contributed by atoms with Crippen LogP contribution in [0, 0.1) is 27.7 Å². The molecule has 2 amide bonds. The van der Waals surface area contributed by atoms with Gasteiger partial charge in [-0.3, -0.25) is 9.59 Å². The molecule has 35 heavy (non-hydrogen) atoms. The number of benzene rings is 3. The zero-order chi connectivity index (χ0) is 25.4. The van der Waals surface area contributed by atoms with E-state index < -0.39 is 6.04 Å². The fourth-order valence-electron chi connectivity index (χ4n) is 4.19. The number of carbonyl (C=O) groups excluding carboxylic acids is 2. The molecule has 0 aromatic heterocycles. The van der Waals surface area contributed by atoms with Gasteiger partial charge in [-0.05, 0) is 74.1 Å². The van der Waals surface area contributed by atoms with Crippen molar-refractivity contribution in [1.82, 2.24) is 10.2 Å². The number of nitrogens with zero attached hydrogens (tertiary/aromatic N) is 1. The minimum atomic E-state index is -0.659. The first-order valence-electron chi connectivity index (χ1n) is 12.2. The molecule has 0 aliphatic carbocycles. The van der Waals surface area contributed by atoms with E-state index in [1.165, 1.54) is 0 Å². The second kappa shape index (κ2) is 12.2. The molecule has 0 bridgehead atoms. The van der Waals surface area contributed by atoms with Gasteiger partial charge in [0.2, 0.25) is 5.91 Å². The third kappa shape index (κ3) is 6.95. The van der Waals surface area contributed by atoms with Crippen LogP contribution < -0.4 is 10.1 Å². The summed E-state index contributed by atoms with van der Waals surface area (Å²) in [4.78, 5) is 28.6. The molecule has 5 nitrogen and oxygen atoms in total. The Balaban J connectivity index is 1.93. The molecular weight excluding hydrogens is 436 g/mol. The van der Waals surface area contributed by atoms with E-state index in [2.05, 4.69) is 11.4 Å². The van der Waals surface area contributed by atoms with E-state index in [0.29, 0.717) is 25.3 Å². The molecule has 0 aliphatic heterocycles. The van der Waals surface area contributed by atoms with Crippen LogP contribution in [0.4, 0.5) is 0 Å². The second-order valence-electron chi connectivity index (χ2n) is 9.04. The van der Waals surface area contributed by atoms with E-state index in [0.717, 1.165) is 33.4 Å². The Hall–Kier alpha value is -3.60. The molecular formula is C30H36N2O3. The van der Waals surface area contributed by atoms with E-state index in [4.69, 9.17) is 4.74 Å². The van der Waals surface area contributed by atoms with E-state index in [1.807, 2.05) is 95.3 Å². The van der Waals surface area contributed by atoms with Gasteiger partial charge >= 0.3 is 0 Å². The largest absolute Gasteiger partial charge is 0.483 e. The maximum absolute atomic E-state index is 13.7. The third-order valence-electron chi connectivity index (χ3n) is 6.34. The summed E-state index contributed by atoms with van der Waals surface area (Å²) in [7, 11) is 0. The lowest BCUT2D eigenvalue weighted by molar-refractivity contribution is -0.142. The van der Waals surface area contributed by atoms with E-state index in [1.54, 1.807) is 4.90 Å². The van der Waals surface area contributed by atoms with Gasteiger partial charge in [-0.2, -0.15) is 0 Å². The van der Waals surface area contributed by atoms with Crippen LogP contribution in [0.2, 0.25) is 0 Å². The molecule has 1 N–H and O–H groups in total. The molecule has 184 valence electrons. The summed E-state index contributed by atoms with van der Waals surface area (Å²) in [6.07, 6.45) is 0.423. The number of carbonyl (C=O) groups is 2. The molecule has 0 spiro atoms. The van der Waals surface area contributed by atoms with Crippen LogP contribution in [-0.4, -0.2) is 35.9 Å². The average Bonchev–Trinajstić information content (AvgIpc) is 2.84. The normalized spacial score (nSPS) is 11.6. The zero-order valence-corrected chi connectivity index (χ0v) is 21.4. The predicted molar refractivity (Wildman–Crippen MR) is 140 cm³/mol. The molecule has 1 atom stereocenters. The summed E-state index contributed by atoms with van der Waals surface area (Å²) in [5.74, 6) is 0.309. The average molecular weight is 473 g/mol. The molecule has 3 aromatic carbocycles. The van der Waals surface area contributed by atoms with Crippen molar-refractivity contribution in [3.05, 3.63) is 100 Å². The molecule has 5 heteroatoms. The van der Waals surface area contributed by atoms with Crippen LogP contribution in [0.25, 0.3) is 0 Å². The van der Waals surface area contributed by atoms with E-state index >= 15 is 0 Å². The van der Waals surface area contributed by atoms with Crippen LogP contribution in [0.1, 0.15) is 40.3 Å². The Morgan fingerprint density at radius 1 is 0.914 bits per heavy atom. The number of hydrogen-bond donors (Lipinski definition) is 1. The summed E-state index contributed by atoms with van der Waals surface area (Å²) in [5.41, 5.74) is 6.29. The molecule has 0 saturated carbocycles. The maximum Gasteiger partial charge on any atom is 0.261 e. The molecule has 0 saturated heterocycles. The van der Waals surface area contributed by atoms with Gasteiger partial charge in [-0.15, -0.1) is 0 Å². The van der Waals surface area contributed by atoms with Crippen LogP contribution in [0.5, 0.6) is 5.75 Å². The van der Waals surface area contributed by atoms with Crippen molar-refractivity contribution in [2.24, 2.45) is 0 Å². The van der Waals surface area contributed by atoms with Crippen molar-refractivity contribution in [2.75, 3.05) is 13.2 Å². The smallest absolute Gasteiger partial charge is 0.261 e. The second-order valence-corrected chi connectivity index (χ2v) is 9.04. The molecule has 3 rings (SSSR count). The Kier molecular flexibility index (Phi) is 9.07. The first-order valence-corrected chi connectivity index (χ1v) is 12.2. The zero-order valence-electron chi connectivity index (χ0n) is 21.4. The van der Waals surface area contributed by atoms with Gasteiger partial charge in [0.1, 0.15) is 11.8 Å². The van der Waals surface area contributed by atoms with Crippen LogP contribution >= 0.6 is 0 Å². The van der Waals surface area contributed by atoms with Gasteiger partial charge in [-0.1, -0.05) is 60.7 Å². The predicted octanol–water partition coefficient (Wildman–Crippen LogP) is 5.08. The number of rotatable bonds is 10. The minimum absolute atomic E-state index is 0.139. The summed E-state index contributed by atoms with van der Waals surface area (Å²) in [6, 6.07) is 21.2. The standard InChI is InChI=1S/C30H36N2O3/c1-6-31-30(34)27(18-25-13-8-7-9-14-25)32(19-26-15-11-10-12-22(26)3)29(33)20-35-28-17-21(2)16-23(4)24(28)5/h7-17,27H,6,18-20H2,1-5H3,(H,31,34)/t27-/m1/s1. The van der Waals surface area contributed by atoms with Gasteiger partial charge in [0.15, 0.2) is 6.61 Å². The topological polar surface area (TPSA) is 58.6 Å². The fourth-order valence-corrected chi connectivity index (χ4v) is 4.19. The van der Waals surface area contributed by atoms with Crippen molar-refractivity contribution in [3.63, 3.8) is 0 Å². The molecule has 0 unspecified atom stereocenters. The number of likely N-dealkylation sites (N-methyl/N-ethyl adjacent to an activating group) is 1. The molecule has 3 aromatic rings. The first kappa shape index (κ1) is 26.0. The SMILES string of the molecule is CCNC(=O)[C@@H](Cc1ccccc1)N(Cc1ccccc1C)C(=O)COc1cc(C)cc(C)c1C. The third-order valence-corrected chi connectivity index (χ3v) is 6.34. The first-order chi connectivity index (χ1) is 16.8. The quantitative estimate of drug-likeness (QED) is 0.448. The number of aryl methyl sites for hydroxylation is 3. The summed E-state index contributed by atoms with van der Waals surface area (Å²) < 4.78 is 6.03. The highest BCUT2D eigenvalue weighted by Gasteiger charge is 2.30.